The molecule has 0 unspecified atom stereocenters. The van der Waals surface area contributed by atoms with Crippen molar-refractivity contribution in [1.29, 1.82) is 0 Å². The Balaban J connectivity index is 2.10. The first kappa shape index (κ1) is 11.3. The van der Waals surface area contributed by atoms with Crippen LogP contribution < -0.4 is 0 Å². The summed E-state index contributed by atoms with van der Waals surface area (Å²) in [5, 5.41) is 6.06. The quantitative estimate of drug-likeness (QED) is 0.868. The number of amides is 1. The van der Waals surface area contributed by atoms with Gasteiger partial charge in [-0.1, -0.05) is 18.2 Å². The molecular formula is C11H11FN4O. The van der Waals surface area contributed by atoms with Crippen molar-refractivity contribution >= 4 is 5.91 Å². The van der Waals surface area contributed by atoms with Gasteiger partial charge in [0.25, 0.3) is 5.91 Å². The molecule has 1 aromatic heterocycles. The number of halogens is 1. The maximum absolute atomic E-state index is 13.4. The van der Waals surface area contributed by atoms with Gasteiger partial charge >= 0.3 is 0 Å². The highest BCUT2D eigenvalue weighted by molar-refractivity contribution is 5.90. The van der Waals surface area contributed by atoms with E-state index < -0.39 is 0 Å². The van der Waals surface area contributed by atoms with E-state index >= 15 is 0 Å². The number of carbonyl (C=O) groups is 1. The van der Waals surface area contributed by atoms with Crippen molar-refractivity contribution < 1.29 is 9.18 Å². The summed E-state index contributed by atoms with van der Waals surface area (Å²) in [4.78, 5) is 16.9. The van der Waals surface area contributed by atoms with E-state index in [1.165, 1.54) is 17.3 Å². The fraction of sp³-hybridized carbons (Fsp3) is 0.182. The van der Waals surface area contributed by atoms with Crippen LogP contribution in [0.1, 0.15) is 16.2 Å². The predicted molar refractivity (Wildman–Crippen MR) is 58.6 cm³/mol. The van der Waals surface area contributed by atoms with Gasteiger partial charge in [-0.3, -0.25) is 9.89 Å². The summed E-state index contributed by atoms with van der Waals surface area (Å²) < 4.78 is 13.4. The summed E-state index contributed by atoms with van der Waals surface area (Å²) in [6.07, 6.45) is 1.25. The van der Waals surface area contributed by atoms with E-state index in [2.05, 4.69) is 15.2 Å². The zero-order chi connectivity index (χ0) is 12.3. The van der Waals surface area contributed by atoms with Gasteiger partial charge in [-0.05, 0) is 6.07 Å². The Morgan fingerprint density at radius 2 is 2.24 bits per heavy atom. The summed E-state index contributed by atoms with van der Waals surface area (Å²) in [7, 11) is 1.58. The number of aromatic nitrogens is 3. The SMILES string of the molecule is CN(Cc1ccccc1F)C(=O)c1ncn[nH]1. The third-order valence-electron chi connectivity index (χ3n) is 2.33. The molecule has 0 aliphatic rings. The molecule has 0 aliphatic carbocycles. The maximum Gasteiger partial charge on any atom is 0.291 e. The Morgan fingerprint density at radius 3 is 2.88 bits per heavy atom. The molecular weight excluding hydrogens is 223 g/mol. The summed E-state index contributed by atoms with van der Waals surface area (Å²) in [6, 6.07) is 6.34. The number of nitrogens with one attached hydrogen (secondary N) is 1. The summed E-state index contributed by atoms with van der Waals surface area (Å²) >= 11 is 0. The molecule has 0 atom stereocenters. The van der Waals surface area contributed by atoms with Crippen molar-refractivity contribution in [3.8, 4) is 0 Å². The normalized spacial score (nSPS) is 10.2. The third-order valence-corrected chi connectivity index (χ3v) is 2.33. The van der Waals surface area contributed by atoms with Crippen LogP contribution in [0.25, 0.3) is 0 Å². The highest BCUT2D eigenvalue weighted by atomic mass is 19.1. The number of nitrogens with zero attached hydrogens (tertiary/aromatic N) is 3. The number of H-pyrrole nitrogens is 1. The average molecular weight is 234 g/mol. The fourth-order valence-corrected chi connectivity index (χ4v) is 1.44. The van der Waals surface area contributed by atoms with Gasteiger partial charge < -0.3 is 4.90 Å². The fourth-order valence-electron chi connectivity index (χ4n) is 1.44. The largest absolute Gasteiger partial charge is 0.335 e. The van der Waals surface area contributed by atoms with E-state index in [9.17, 15) is 9.18 Å². The zero-order valence-corrected chi connectivity index (χ0v) is 9.22. The van der Waals surface area contributed by atoms with E-state index in [0.29, 0.717) is 5.56 Å². The van der Waals surface area contributed by atoms with E-state index in [0.717, 1.165) is 0 Å². The van der Waals surface area contributed by atoms with Gasteiger partial charge in [0.05, 0.1) is 0 Å². The number of hydrogen-bond acceptors (Lipinski definition) is 3. The first-order chi connectivity index (χ1) is 8.18. The van der Waals surface area contributed by atoms with Gasteiger partial charge in [0.1, 0.15) is 12.1 Å². The second-order valence-electron chi connectivity index (χ2n) is 3.59. The van der Waals surface area contributed by atoms with Crippen molar-refractivity contribution in [1.82, 2.24) is 20.1 Å². The minimum absolute atomic E-state index is 0.142. The molecule has 0 radical (unpaired) electrons. The average Bonchev–Trinajstić information content (AvgIpc) is 2.84. The van der Waals surface area contributed by atoms with Gasteiger partial charge in [-0.25, -0.2) is 9.37 Å². The topological polar surface area (TPSA) is 61.9 Å². The summed E-state index contributed by atoms with van der Waals surface area (Å²) in [5.41, 5.74) is 0.461. The van der Waals surface area contributed by atoms with Crippen molar-refractivity contribution in [3.05, 3.63) is 47.8 Å². The zero-order valence-electron chi connectivity index (χ0n) is 9.22. The van der Waals surface area contributed by atoms with Gasteiger partial charge in [0.2, 0.25) is 5.82 Å². The monoisotopic (exact) mass is 234 g/mol. The lowest BCUT2D eigenvalue weighted by Gasteiger charge is -2.15. The van der Waals surface area contributed by atoms with E-state index in [1.54, 1.807) is 25.2 Å². The lowest BCUT2D eigenvalue weighted by Crippen LogP contribution is -2.27. The molecule has 88 valence electrons. The Kier molecular flexibility index (Phi) is 3.13. The van der Waals surface area contributed by atoms with Crippen LogP contribution in [-0.2, 0) is 6.54 Å². The van der Waals surface area contributed by atoms with Crippen LogP contribution in [0, 0.1) is 5.82 Å². The van der Waals surface area contributed by atoms with Crippen molar-refractivity contribution in [3.63, 3.8) is 0 Å². The second-order valence-corrected chi connectivity index (χ2v) is 3.59. The Labute approximate surface area is 97.3 Å². The van der Waals surface area contributed by atoms with Crippen LogP contribution in [0.2, 0.25) is 0 Å². The number of aromatic amines is 1. The highest BCUT2D eigenvalue weighted by Crippen LogP contribution is 2.09. The lowest BCUT2D eigenvalue weighted by molar-refractivity contribution is 0.0772. The molecule has 0 spiro atoms. The standard InChI is InChI=1S/C11H11FN4O/c1-16(11(17)10-13-7-14-15-10)6-8-4-2-3-5-9(8)12/h2-5,7H,6H2,1H3,(H,13,14,15). The van der Waals surface area contributed by atoms with E-state index in [-0.39, 0.29) is 24.1 Å². The number of benzene rings is 1. The number of carbonyl (C=O) groups excluding carboxylic acids is 1. The minimum Gasteiger partial charge on any atom is -0.335 e. The van der Waals surface area contributed by atoms with Crippen LogP contribution in [-0.4, -0.2) is 33.0 Å². The van der Waals surface area contributed by atoms with Crippen LogP contribution in [0.15, 0.2) is 30.6 Å². The number of rotatable bonds is 3. The van der Waals surface area contributed by atoms with Crippen molar-refractivity contribution in [2.45, 2.75) is 6.54 Å². The molecule has 0 aliphatic heterocycles. The first-order valence-electron chi connectivity index (χ1n) is 5.02. The van der Waals surface area contributed by atoms with Crippen LogP contribution in [0.3, 0.4) is 0 Å². The minimum atomic E-state index is -0.329. The molecule has 1 N–H and O–H groups in total. The third kappa shape index (κ3) is 2.47. The van der Waals surface area contributed by atoms with Crippen LogP contribution >= 0.6 is 0 Å². The molecule has 2 aromatic rings. The van der Waals surface area contributed by atoms with Gasteiger partial charge in [-0.15, -0.1) is 0 Å². The second kappa shape index (κ2) is 4.73. The highest BCUT2D eigenvalue weighted by Gasteiger charge is 2.15. The molecule has 5 nitrogen and oxygen atoms in total. The Morgan fingerprint density at radius 1 is 1.47 bits per heavy atom. The maximum atomic E-state index is 13.4. The first-order valence-corrected chi connectivity index (χ1v) is 5.02. The molecule has 0 saturated carbocycles. The summed E-state index contributed by atoms with van der Waals surface area (Å²) in [6.45, 7) is 0.187. The van der Waals surface area contributed by atoms with Crippen molar-refractivity contribution in [2.75, 3.05) is 7.05 Å². The van der Waals surface area contributed by atoms with E-state index in [4.69, 9.17) is 0 Å². The molecule has 17 heavy (non-hydrogen) atoms. The van der Waals surface area contributed by atoms with Crippen LogP contribution in [0.5, 0.6) is 0 Å². The smallest absolute Gasteiger partial charge is 0.291 e. The molecule has 0 saturated heterocycles. The van der Waals surface area contributed by atoms with E-state index in [1.807, 2.05) is 0 Å². The molecule has 1 amide bonds. The molecule has 0 bridgehead atoms. The van der Waals surface area contributed by atoms with Gasteiger partial charge in [0, 0.05) is 19.2 Å². The molecule has 6 heteroatoms. The number of hydrogen-bond donors (Lipinski definition) is 1. The molecule has 2 rings (SSSR count). The predicted octanol–water partition coefficient (Wildman–Crippen LogP) is 1.22. The van der Waals surface area contributed by atoms with Gasteiger partial charge in [0.15, 0.2) is 0 Å². The molecule has 1 aromatic carbocycles. The Hall–Kier alpha value is -2.24. The van der Waals surface area contributed by atoms with Crippen molar-refractivity contribution in [2.24, 2.45) is 0 Å². The molecule has 1 heterocycles. The molecule has 0 fully saturated rings. The summed E-state index contributed by atoms with van der Waals surface area (Å²) in [5.74, 6) is -0.515. The van der Waals surface area contributed by atoms with Crippen LogP contribution in [0.4, 0.5) is 4.39 Å². The Bertz CT molecular complexity index is 512. The lowest BCUT2D eigenvalue weighted by atomic mass is 10.2. The van der Waals surface area contributed by atoms with Gasteiger partial charge in [-0.2, -0.15) is 5.10 Å².